The summed E-state index contributed by atoms with van der Waals surface area (Å²) in [6, 6.07) is 26.3. The molecule has 0 fully saturated rings. The van der Waals surface area contributed by atoms with Crippen LogP contribution in [0.15, 0.2) is 66.7 Å². The van der Waals surface area contributed by atoms with Gasteiger partial charge in [-0.1, -0.05) is 42.3 Å². The van der Waals surface area contributed by atoms with Gasteiger partial charge in [0.25, 0.3) is 0 Å². The van der Waals surface area contributed by atoms with Gasteiger partial charge < -0.3 is 24.8 Å². The van der Waals surface area contributed by atoms with Crippen molar-refractivity contribution < 1.29 is 50.7 Å². The Morgan fingerprint density at radius 1 is 0.864 bits per heavy atom. The first-order valence-corrected chi connectivity index (χ1v) is 6.61. The van der Waals surface area contributed by atoms with Gasteiger partial charge in [0.2, 0.25) is 0 Å². The van der Waals surface area contributed by atoms with E-state index in [1.807, 2.05) is 18.2 Å². The Labute approximate surface area is 163 Å². The minimum Gasteiger partial charge on any atom is -1.00 e. The molecule has 0 unspecified atom stereocenters. The predicted molar refractivity (Wildman–Crippen MR) is 80.3 cm³/mol. The van der Waals surface area contributed by atoms with E-state index in [1.54, 1.807) is 0 Å². The molecule has 0 amide bonds. The number of halogens is 2. The van der Waals surface area contributed by atoms with Crippen LogP contribution in [-0.2, 0) is 32.3 Å². The number of hydrogen-bond acceptors (Lipinski definition) is 0. The molecule has 3 aromatic carbocycles. The van der Waals surface area contributed by atoms with E-state index >= 15 is 0 Å². The predicted octanol–water partition coefficient (Wildman–Crippen LogP) is -1.22. The van der Waals surface area contributed by atoms with E-state index in [0.29, 0.717) is 0 Å². The monoisotopic (exact) mass is 494 g/mol. The van der Waals surface area contributed by atoms with Crippen LogP contribution < -0.4 is 24.8 Å². The van der Waals surface area contributed by atoms with Crippen LogP contribution in [0.1, 0.15) is 16.7 Å². The SMILES string of the molecule is C[c-]1cccc1.[Cl-].[Cl-].[Hf+4].[c-]1cccc2c1Cc1ccccc1-2. The van der Waals surface area contributed by atoms with E-state index in [9.17, 15) is 0 Å². The average Bonchev–Trinajstić information content (AvgIpc) is 3.06. The Morgan fingerprint density at radius 3 is 2.14 bits per heavy atom. The van der Waals surface area contributed by atoms with Gasteiger partial charge >= 0.3 is 25.8 Å². The minimum absolute atomic E-state index is 0. The third-order valence-corrected chi connectivity index (χ3v) is 3.45. The molecule has 0 aromatic heterocycles. The van der Waals surface area contributed by atoms with Gasteiger partial charge in [-0.15, -0.1) is 5.56 Å². The standard InChI is InChI=1S/C13H9.C6H7.2ClH.Hf/c1-3-7-12-10(5-1)9-11-6-2-4-8-13(11)12;1-6-4-2-3-5-6;;;/h1-5,7-8H,9H2;2-5H,1H3;2*1H;/q2*-1;;;+4/p-2. The van der Waals surface area contributed by atoms with Gasteiger partial charge in [0.1, 0.15) is 0 Å². The van der Waals surface area contributed by atoms with Crippen molar-refractivity contribution in [3.63, 3.8) is 0 Å². The molecule has 0 atom stereocenters. The van der Waals surface area contributed by atoms with Crippen LogP contribution in [0, 0.1) is 13.0 Å². The van der Waals surface area contributed by atoms with Crippen LogP contribution in [0.5, 0.6) is 0 Å². The third-order valence-electron chi connectivity index (χ3n) is 3.45. The number of hydrogen-bond donors (Lipinski definition) is 0. The first-order valence-electron chi connectivity index (χ1n) is 6.61. The zero-order valence-electron chi connectivity index (χ0n) is 12.3. The summed E-state index contributed by atoms with van der Waals surface area (Å²) in [5.41, 5.74) is 6.85. The van der Waals surface area contributed by atoms with Crippen LogP contribution in [0.25, 0.3) is 11.1 Å². The van der Waals surface area contributed by atoms with Crippen molar-refractivity contribution in [3.05, 3.63) is 89.5 Å². The maximum atomic E-state index is 3.30. The fourth-order valence-corrected chi connectivity index (χ4v) is 2.47. The van der Waals surface area contributed by atoms with E-state index in [0.717, 1.165) is 6.42 Å². The van der Waals surface area contributed by atoms with Gasteiger partial charge in [-0.25, -0.2) is 12.1 Å². The van der Waals surface area contributed by atoms with Crippen molar-refractivity contribution in [2.75, 3.05) is 0 Å². The number of aryl methyl sites for hydroxylation is 1. The van der Waals surface area contributed by atoms with Crippen molar-refractivity contribution in [1.29, 1.82) is 0 Å². The van der Waals surface area contributed by atoms with Crippen molar-refractivity contribution in [2.24, 2.45) is 0 Å². The topological polar surface area (TPSA) is 0 Å². The van der Waals surface area contributed by atoms with Crippen LogP contribution in [-0.4, -0.2) is 0 Å². The van der Waals surface area contributed by atoms with Crippen molar-refractivity contribution >= 4 is 0 Å². The molecule has 3 heteroatoms. The molecular formula is C19H16Cl2Hf. The second-order valence-electron chi connectivity index (χ2n) is 4.86. The zero-order valence-corrected chi connectivity index (χ0v) is 17.4. The first kappa shape index (κ1) is 21.2. The Balaban J connectivity index is 0.000000429. The molecule has 0 saturated carbocycles. The quantitative estimate of drug-likeness (QED) is 0.213. The van der Waals surface area contributed by atoms with Gasteiger partial charge in [0, 0.05) is 0 Å². The molecule has 0 radical (unpaired) electrons. The number of benzene rings is 2. The average molecular weight is 494 g/mol. The Morgan fingerprint density at radius 2 is 1.50 bits per heavy atom. The van der Waals surface area contributed by atoms with Gasteiger partial charge in [0.05, 0.1) is 0 Å². The molecule has 22 heavy (non-hydrogen) atoms. The van der Waals surface area contributed by atoms with E-state index in [2.05, 4.69) is 61.5 Å². The van der Waals surface area contributed by atoms with Gasteiger partial charge in [0.15, 0.2) is 0 Å². The molecule has 0 N–H and O–H groups in total. The summed E-state index contributed by atoms with van der Waals surface area (Å²) in [6.45, 7) is 2.08. The second-order valence-corrected chi connectivity index (χ2v) is 4.86. The van der Waals surface area contributed by atoms with Gasteiger partial charge in [-0.3, -0.25) is 0 Å². The van der Waals surface area contributed by atoms with Crippen molar-refractivity contribution in [1.82, 2.24) is 0 Å². The maximum absolute atomic E-state index is 3.30. The van der Waals surface area contributed by atoms with E-state index in [1.165, 1.54) is 27.8 Å². The normalized spacial score (nSPS) is 9.68. The van der Waals surface area contributed by atoms with Gasteiger partial charge in [-0.05, 0) is 6.42 Å². The maximum Gasteiger partial charge on any atom is 4.00 e. The molecule has 0 saturated heterocycles. The van der Waals surface area contributed by atoms with Crippen molar-refractivity contribution in [2.45, 2.75) is 13.3 Å². The van der Waals surface area contributed by atoms with E-state index in [4.69, 9.17) is 0 Å². The smallest absolute Gasteiger partial charge is 1.00 e. The summed E-state index contributed by atoms with van der Waals surface area (Å²) in [5, 5.41) is 0. The van der Waals surface area contributed by atoms with E-state index in [-0.39, 0.29) is 50.7 Å². The van der Waals surface area contributed by atoms with Crippen LogP contribution in [0.3, 0.4) is 0 Å². The zero-order chi connectivity index (χ0) is 13.1. The molecule has 1 aliphatic rings. The molecule has 0 bridgehead atoms. The fraction of sp³-hybridized carbons (Fsp3) is 0.105. The Kier molecular flexibility index (Phi) is 9.75. The third kappa shape index (κ3) is 4.87. The summed E-state index contributed by atoms with van der Waals surface area (Å²) >= 11 is 0. The second kappa shape index (κ2) is 10.1. The largest absolute Gasteiger partial charge is 4.00 e. The summed E-state index contributed by atoms with van der Waals surface area (Å²) in [7, 11) is 0. The van der Waals surface area contributed by atoms with Crippen molar-refractivity contribution in [3.8, 4) is 11.1 Å². The molecule has 4 rings (SSSR count). The van der Waals surface area contributed by atoms with Crippen LogP contribution in [0.4, 0.5) is 0 Å². The molecular weight excluding hydrogens is 478 g/mol. The van der Waals surface area contributed by atoms with E-state index < -0.39 is 0 Å². The summed E-state index contributed by atoms with van der Waals surface area (Å²) < 4.78 is 0. The minimum atomic E-state index is 0. The molecule has 0 aliphatic heterocycles. The van der Waals surface area contributed by atoms with Crippen LogP contribution >= 0.6 is 0 Å². The molecule has 110 valence electrons. The summed E-state index contributed by atoms with van der Waals surface area (Å²) in [6.07, 6.45) is 1.05. The molecule has 0 heterocycles. The van der Waals surface area contributed by atoms with Gasteiger partial charge in [-0.2, -0.15) is 47.5 Å². The Bertz CT molecular complexity index is 632. The molecule has 1 aliphatic carbocycles. The molecule has 0 nitrogen and oxygen atoms in total. The Hall–Kier alpha value is -0.760. The summed E-state index contributed by atoms with van der Waals surface area (Å²) in [5.74, 6) is 0. The summed E-state index contributed by atoms with van der Waals surface area (Å²) in [4.78, 5) is 0. The van der Waals surface area contributed by atoms with Crippen LogP contribution in [0.2, 0.25) is 0 Å². The molecule has 3 aromatic rings. The first-order chi connectivity index (χ1) is 9.34. The number of rotatable bonds is 0. The fourth-order valence-electron chi connectivity index (χ4n) is 2.47. The number of fused-ring (bicyclic) bond motifs is 3. The molecule has 0 spiro atoms.